The normalized spacial score (nSPS) is 14.8. The van der Waals surface area contributed by atoms with Crippen LogP contribution in [0, 0.1) is 6.92 Å². The van der Waals surface area contributed by atoms with Crippen molar-refractivity contribution >= 4 is 11.8 Å². The molecular weight excluding hydrogens is 218 g/mol. The smallest absolute Gasteiger partial charge is 0.323 e. The maximum absolute atomic E-state index is 11.8. The van der Waals surface area contributed by atoms with E-state index in [1.165, 1.54) is 0 Å². The number of hydrogen-bond acceptors (Lipinski definition) is 3. The summed E-state index contributed by atoms with van der Waals surface area (Å²) in [5.74, 6) is 1.26. The van der Waals surface area contributed by atoms with E-state index in [2.05, 4.69) is 10.3 Å². The summed E-state index contributed by atoms with van der Waals surface area (Å²) in [4.78, 5) is 17.8. The molecule has 1 N–H and O–H groups in total. The molecule has 1 saturated heterocycles. The van der Waals surface area contributed by atoms with Gasteiger partial charge in [0, 0.05) is 30.9 Å². The summed E-state index contributed by atoms with van der Waals surface area (Å²) < 4.78 is 5.19. The molecule has 1 aliphatic heterocycles. The monoisotopic (exact) mass is 235 g/mol. The van der Waals surface area contributed by atoms with E-state index in [1.807, 2.05) is 6.92 Å². The maximum atomic E-state index is 11.8. The lowest BCUT2D eigenvalue weighted by Crippen LogP contribution is -2.32. The molecule has 1 fully saturated rings. The Balaban J connectivity index is 2.05. The van der Waals surface area contributed by atoms with Crippen LogP contribution in [-0.2, 0) is 0 Å². The number of nitrogens with one attached hydrogen (secondary N) is 1. The summed E-state index contributed by atoms with van der Waals surface area (Å²) in [6, 6.07) is 1.66. The molecule has 0 aliphatic carbocycles. The summed E-state index contributed by atoms with van der Waals surface area (Å²) in [6.07, 6.45) is 3.86. The van der Waals surface area contributed by atoms with Gasteiger partial charge in [-0.25, -0.2) is 9.78 Å². The third-order valence-electron chi connectivity index (χ3n) is 2.90. The molecule has 5 heteroatoms. The van der Waals surface area contributed by atoms with Crippen LogP contribution in [0.2, 0.25) is 0 Å². The van der Waals surface area contributed by atoms with E-state index in [-0.39, 0.29) is 6.03 Å². The number of rotatable bonds is 2. The van der Waals surface area contributed by atoms with E-state index in [4.69, 9.17) is 4.74 Å². The molecule has 0 aromatic carbocycles. The third-order valence-corrected chi connectivity index (χ3v) is 2.90. The van der Waals surface area contributed by atoms with E-state index in [9.17, 15) is 4.79 Å². The Bertz CT molecular complexity index is 414. The van der Waals surface area contributed by atoms with E-state index in [0.29, 0.717) is 5.82 Å². The number of carbonyl (C=O) groups is 1. The highest BCUT2D eigenvalue weighted by Crippen LogP contribution is 2.20. The highest BCUT2D eigenvalue weighted by Gasteiger charge is 2.18. The van der Waals surface area contributed by atoms with Gasteiger partial charge in [0.15, 0.2) is 0 Å². The Labute approximate surface area is 101 Å². The van der Waals surface area contributed by atoms with Crippen molar-refractivity contribution in [1.82, 2.24) is 9.88 Å². The second-order valence-electron chi connectivity index (χ2n) is 4.16. The van der Waals surface area contributed by atoms with Gasteiger partial charge in [0.05, 0.1) is 7.11 Å². The first kappa shape index (κ1) is 11.7. The number of anilines is 1. The lowest BCUT2D eigenvalue weighted by Gasteiger charge is -2.16. The van der Waals surface area contributed by atoms with Crippen molar-refractivity contribution in [2.75, 3.05) is 25.5 Å². The molecule has 92 valence electrons. The van der Waals surface area contributed by atoms with Gasteiger partial charge >= 0.3 is 6.03 Å². The van der Waals surface area contributed by atoms with Crippen LogP contribution in [0.15, 0.2) is 12.3 Å². The van der Waals surface area contributed by atoms with Gasteiger partial charge in [-0.2, -0.15) is 0 Å². The molecule has 1 aliphatic rings. The van der Waals surface area contributed by atoms with Crippen LogP contribution < -0.4 is 10.1 Å². The second-order valence-corrected chi connectivity index (χ2v) is 4.16. The van der Waals surface area contributed by atoms with Gasteiger partial charge in [-0.1, -0.05) is 0 Å². The number of likely N-dealkylation sites (tertiary alicyclic amines) is 1. The number of carbonyl (C=O) groups excluding carboxylic acids is 1. The van der Waals surface area contributed by atoms with Gasteiger partial charge in [0.25, 0.3) is 0 Å². The van der Waals surface area contributed by atoms with Crippen molar-refractivity contribution in [1.29, 1.82) is 0 Å². The molecule has 2 heterocycles. The van der Waals surface area contributed by atoms with E-state index >= 15 is 0 Å². The maximum Gasteiger partial charge on any atom is 0.323 e. The molecule has 0 saturated carbocycles. The van der Waals surface area contributed by atoms with Gasteiger partial charge in [0.1, 0.15) is 11.6 Å². The molecule has 17 heavy (non-hydrogen) atoms. The predicted octanol–water partition coefficient (Wildman–Crippen LogP) is 2.03. The first-order valence-corrected chi connectivity index (χ1v) is 5.77. The molecule has 2 rings (SSSR count). The minimum absolute atomic E-state index is 0.0825. The predicted molar refractivity (Wildman–Crippen MR) is 65.4 cm³/mol. The molecular formula is C12H17N3O2. The zero-order valence-electron chi connectivity index (χ0n) is 10.2. The molecule has 0 unspecified atom stereocenters. The fourth-order valence-corrected chi connectivity index (χ4v) is 1.90. The molecule has 0 radical (unpaired) electrons. The van der Waals surface area contributed by atoms with Crippen LogP contribution in [0.1, 0.15) is 18.4 Å². The van der Waals surface area contributed by atoms with Crippen LogP contribution in [0.5, 0.6) is 5.75 Å². The lowest BCUT2D eigenvalue weighted by atomic mass is 10.3. The number of methoxy groups -OCH3 is 1. The summed E-state index contributed by atoms with van der Waals surface area (Å²) in [5.41, 5.74) is 0.951. The standard InChI is InChI=1S/C12H17N3O2/c1-9-8-13-11(7-10(9)17-2)14-12(16)15-5-3-4-6-15/h7-8H,3-6H2,1-2H3,(H,13,14,16). The molecule has 5 nitrogen and oxygen atoms in total. The minimum Gasteiger partial charge on any atom is -0.496 e. The van der Waals surface area contributed by atoms with E-state index in [1.54, 1.807) is 24.3 Å². The summed E-state index contributed by atoms with van der Waals surface area (Å²) in [7, 11) is 1.61. The number of aryl methyl sites for hydroxylation is 1. The van der Waals surface area contributed by atoms with Gasteiger partial charge in [-0.05, 0) is 19.8 Å². The van der Waals surface area contributed by atoms with Crippen molar-refractivity contribution in [2.45, 2.75) is 19.8 Å². The Morgan fingerprint density at radius 3 is 2.82 bits per heavy atom. The fraction of sp³-hybridized carbons (Fsp3) is 0.500. The first-order valence-electron chi connectivity index (χ1n) is 5.77. The molecule has 1 aromatic heterocycles. The molecule has 2 amide bonds. The molecule has 0 spiro atoms. The minimum atomic E-state index is -0.0825. The number of aromatic nitrogens is 1. The average Bonchev–Trinajstić information content (AvgIpc) is 2.85. The summed E-state index contributed by atoms with van der Waals surface area (Å²) >= 11 is 0. The number of pyridine rings is 1. The number of ether oxygens (including phenoxy) is 1. The van der Waals surface area contributed by atoms with Crippen molar-refractivity contribution in [2.24, 2.45) is 0 Å². The Kier molecular flexibility index (Phi) is 3.46. The molecule has 0 bridgehead atoms. The zero-order valence-corrected chi connectivity index (χ0v) is 10.2. The summed E-state index contributed by atoms with van der Waals surface area (Å²) in [6.45, 7) is 3.57. The first-order chi connectivity index (χ1) is 8.20. The number of urea groups is 1. The number of amides is 2. The SMILES string of the molecule is COc1cc(NC(=O)N2CCCC2)ncc1C. The van der Waals surface area contributed by atoms with E-state index in [0.717, 1.165) is 37.2 Å². The fourth-order valence-electron chi connectivity index (χ4n) is 1.90. The van der Waals surface area contributed by atoms with Crippen molar-refractivity contribution < 1.29 is 9.53 Å². The topological polar surface area (TPSA) is 54.5 Å². The van der Waals surface area contributed by atoms with Crippen molar-refractivity contribution in [3.05, 3.63) is 17.8 Å². The summed E-state index contributed by atoms with van der Waals surface area (Å²) in [5, 5.41) is 2.78. The van der Waals surface area contributed by atoms with E-state index < -0.39 is 0 Å². The Hall–Kier alpha value is -1.78. The quantitative estimate of drug-likeness (QED) is 0.853. The number of nitrogens with zero attached hydrogens (tertiary/aromatic N) is 2. The molecule has 0 atom stereocenters. The van der Waals surface area contributed by atoms with Gasteiger partial charge in [-0.3, -0.25) is 5.32 Å². The van der Waals surface area contributed by atoms with Crippen LogP contribution in [-0.4, -0.2) is 36.1 Å². The highest BCUT2D eigenvalue weighted by atomic mass is 16.5. The van der Waals surface area contributed by atoms with Crippen LogP contribution in [0.4, 0.5) is 10.6 Å². The average molecular weight is 235 g/mol. The van der Waals surface area contributed by atoms with Crippen LogP contribution in [0.3, 0.4) is 0 Å². The van der Waals surface area contributed by atoms with Crippen LogP contribution >= 0.6 is 0 Å². The van der Waals surface area contributed by atoms with Crippen LogP contribution in [0.25, 0.3) is 0 Å². The number of hydrogen-bond donors (Lipinski definition) is 1. The van der Waals surface area contributed by atoms with Gasteiger partial charge in [-0.15, -0.1) is 0 Å². The second kappa shape index (κ2) is 5.03. The highest BCUT2D eigenvalue weighted by molar-refractivity contribution is 5.88. The van der Waals surface area contributed by atoms with Gasteiger partial charge in [0.2, 0.25) is 0 Å². The van der Waals surface area contributed by atoms with Crippen molar-refractivity contribution in [3.63, 3.8) is 0 Å². The Morgan fingerprint density at radius 1 is 1.47 bits per heavy atom. The zero-order chi connectivity index (χ0) is 12.3. The Morgan fingerprint density at radius 2 is 2.18 bits per heavy atom. The largest absolute Gasteiger partial charge is 0.496 e. The van der Waals surface area contributed by atoms with Gasteiger partial charge < -0.3 is 9.64 Å². The molecule has 1 aromatic rings. The van der Waals surface area contributed by atoms with Crippen molar-refractivity contribution in [3.8, 4) is 5.75 Å². The lowest BCUT2D eigenvalue weighted by molar-refractivity contribution is 0.222. The third kappa shape index (κ3) is 2.67.